The summed E-state index contributed by atoms with van der Waals surface area (Å²) >= 11 is 0. The Kier molecular flexibility index (Phi) is 5.53. The van der Waals surface area contributed by atoms with Crippen LogP contribution in [0.4, 0.5) is 0 Å². The number of hydrogen-bond acceptors (Lipinski definition) is 6. The van der Waals surface area contributed by atoms with Crippen molar-refractivity contribution in [2.45, 2.75) is 63.7 Å². The second-order valence-corrected chi connectivity index (χ2v) is 7.64. The molecule has 0 aliphatic carbocycles. The van der Waals surface area contributed by atoms with Crippen LogP contribution in [0.1, 0.15) is 33.3 Å². The SMILES string of the molecule is CC1(C)O[C@H]([C@@H](O)[C@H]2COC(C)(C)O2)[C@H](/C=C(/CO)c2ccccc2)O1. The van der Waals surface area contributed by atoms with Gasteiger partial charge in [0, 0.05) is 0 Å². The fourth-order valence-corrected chi connectivity index (χ4v) is 3.40. The van der Waals surface area contributed by atoms with E-state index in [9.17, 15) is 10.2 Å². The largest absolute Gasteiger partial charge is 0.392 e. The molecule has 1 aromatic rings. The molecule has 2 heterocycles. The lowest BCUT2D eigenvalue weighted by molar-refractivity contribution is -0.178. The molecule has 0 spiro atoms. The summed E-state index contributed by atoms with van der Waals surface area (Å²) in [5.41, 5.74) is 1.62. The predicted octanol–water partition coefficient (Wildman–Crippen LogP) is 2.09. The highest BCUT2D eigenvalue weighted by Crippen LogP contribution is 2.35. The average molecular weight is 364 g/mol. The molecule has 6 nitrogen and oxygen atoms in total. The summed E-state index contributed by atoms with van der Waals surface area (Å²) < 4.78 is 23.3. The van der Waals surface area contributed by atoms with E-state index in [1.54, 1.807) is 13.8 Å². The van der Waals surface area contributed by atoms with E-state index in [2.05, 4.69) is 0 Å². The van der Waals surface area contributed by atoms with Crippen molar-refractivity contribution in [1.29, 1.82) is 0 Å². The van der Waals surface area contributed by atoms with Gasteiger partial charge in [-0.2, -0.15) is 0 Å². The lowest BCUT2D eigenvalue weighted by atomic mass is 9.98. The first kappa shape index (κ1) is 19.5. The van der Waals surface area contributed by atoms with Crippen LogP contribution in [0, 0.1) is 0 Å². The van der Waals surface area contributed by atoms with Gasteiger partial charge in [-0.25, -0.2) is 0 Å². The van der Waals surface area contributed by atoms with Crippen LogP contribution in [0.2, 0.25) is 0 Å². The Balaban J connectivity index is 1.83. The summed E-state index contributed by atoms with van der Waals surface area (Å²) in [5, 5.41) is 20.6. The van der Waals surface area contributed by atoms with E-state index in [0.29, 0.717) is 0 Å². The van der Waals surface area contributed by atoms with Gasteiger partial charge in [0.1, 0.15) is 24.4 Å². The minimum absolute atomic E-state index is 0.136. The van der Waals surface area contributed by atoms with Crippen molar-refractivity contribution < 1.29 is 29.2 Å². The second-order valence-electron chi connectivity index (χ2n) is 7.64. The second kappa shape index (κ2) is 7.38. The number of benzene rings is 1. The molecule has 2 saturated heterocycles. The Hall–Kier alpha value is -1.28. The number of aliphatic hydroxyl groups is 2. The number of rotatable bonds is 5. The van der Waals surface area contributed by atoms with E-state index in [-0.39, 0.29) is 13.2 Å². The number of ether oxygens (including phenoxy) is 4. The molecule has 6 heteroatoms. The zero-order chi connectivity index (χ0) is 18.9. The van der Waals surface area contributed by atoms with E-state index in [0.717, 1.165) is 11.1 Å². The molecule has 0 unspecified atom stereocenters. The molecule has 1 aromatic carbocycles. The van der Waals surface area contributed by atoms with Gasteiger partial charge in [-0.3, -0.25) is 0 Å². The van der Waals surface area contributed by atoms with Gasteiger partial charge in [-0.1, -0.05) is 30.3 Å². The Morgan fingerprint density at radius 3 is 2.38 bits per heavy atom. The molecule has 0 bridgehead atoms. The molecular weight excluding hydrogens is 336 g/mol. The van der Waals surface area contributed by atoms with Crippen molar-refractivity contribution in [3.05, 3.63) is 42.0 Å². The van der Waals surface area contributed by atoms with E-state index >= 15 is 0 Å². The minimum Gasteiger partial charge on any atom is -0.392 e. The first-order valence-electron chi connectivity index (χ1n) is 8.93. The van der Waals surface area contributed by atoms with Crippen LogP contribution in [0.3, 0.4) is 0 Å². The summed E-state index contributed by atoms with van der Waals surface area (Å²) in [6.07, 6.45) is -0.750. The highest BCUT2D eigenvalue weighted by Gasteiger charge is 2.49. The summed E-state index contributed by atoms with van der Waals surface area (Å²) in [4.78, 5) is 0. The van der Waals surface area contributed by atoms with E-state index in [1.165, 1.54) is 0 Å². The smallest absolute Gasteiger partial charge is 0.164 e. The van der Waals surface area contributed by atoms with Crippen LogP contribution in [0.15, 0.2) is 36.4 Å². The zero-order valence-electron chi connectivity index (χ0n) is 15.7. The Labute approximate surface area is 154 Å². The van der Waals surface area contributed by atoms with Crippen molar-refractivity contribution in [3.8, 4) is 0 Å². The highest BCUT2D eigenvalue weighted by molar-refractivity contribution is 5.66. The molecular formula is C20H28O6. The highest BCUT2D eigenvalue weighted by atomic mass is 16.8. The van der Waals surface area contributed by atoms with Crippen molar-refractivity contribution in [2.75, 3.05) is 13.2 Å². The van der Waals surface area contributed by atoms with Crippen molar-refractivity contribution in [2.24, 2.45) is 0 Å². The molecule has 2 aliphatic rings. The maximum Gasteiger partial charge on any atom is 0.164 e. The Bertz CT molecular complexity index is 639. The van der Waals surface area contributed by atoms with E-state index in [4.69, 9.17) is 18.9 Å². The molecule has 144 valence electrons. The van der Waals surface area contributed by atoms with Gasteiger partial charge in [0.05, 0.1) is 13.2 Å². The monoisotopic (exact) mass is 364 g/mol. The van der Waals surface area contributed by atoms with Crippen LogP contribution in [-0.4, -0.2) is 59.4 Å². The summed E-state index contributed by atoms with van der Waals surface area (Å²) in [6, 6.07) is 9.58. The third kappa shape index (κ3) is 4.34. The Morgan fingerprint density at radius 2 is 1.81 bits per heavy atom. The van der Waals surface area contributed by atoms with Gasteiger partial charge >= 0.3 is 0 Å². The standard InChI is InChI=1S/C20H28O6/c1-19(2)23-12-16(25-19)17(22)18-15(24-20(3,4)26-18)10-14(11-21)13-8-6-5-7-9-13/h5-10,15-18,21-22H,11-12H2,1-4H3/b14-10-/t15-,16+,17-,18-/m0/s1. The third-order valence-electron chi connectivity index (χ3n) is 4.59. The fraction of sp³-hybridized carbons (Fsp3) is 0.600. The molecule has 2 N–H and O–H groups in total. The predicted molar refractivity (Wildman–Crippen MR) is 96.2 cm³/mol. The van der Waals surface area contributed by atoms with Crippen molar-refractivity contribution in [1.82, 2.24) is 0 Å². The summed E-state index contributed by atoms with van der Waals surface area (Å²) in [5.74, 6) is -1.58. The molecule has 3 rings (SSSR count). The molecule has 2 aliphatic heterocycles. The normalized spacial score (nSPS) is 31.9. The first-order chi connectivity index (χ1) is 12.2. The van der Waals surface area contributed by atoms with Gasteiger partial charge in [0.25, 0.3) is 0 Å². The van der Waals surface area contributed by atoms with Gasteiger partial charge in [-0.15, -0.1) is 0 Å². The van der Waals surface area contributed by atoms with Gasteiger partial charge in [0.2, 0.25) is 0 Å². The zero-order valence-corrected chi connectivity index (χ0v) is 15.7. The first-order valence-corrected chi connectivity index (χ1v) is 8.93. The molecule has 0 saturated carbocycles. The molecule has 0 aromatic heterocycles. The maximum absolute atomic E-state index is 10.8. The van der Waals surface area contributed by atoms with Crippen LogP contribution in [0.5, 0.6) is 0 Å². The number of aliphatic hydroxyl groups excluding tert-OH is 2. The van der Waals surface area contributed by atoms with E-state index < -0.39 is 36.0 Å². The van der Waals surface area contributed by atoms with Gasteiger partial charge in [0.15, 0.2) is 11.6 Å². The van der Waals surface area contributed by atoms with E-state index in [1.807, 2.05) is 50.3 Å². The molecule has 0 radical (unpaired) electrons. The van der Waals surface area contributed by atoms with Crippen LogP contribution >= 0.6 is 0 Å². The van der Waals surface area contributed by atoms with Crippen LogP contribution < -0.4 is 0 Å². The lowest BCUT2D eigenvalue weighted by Crippen LogP contribution is -2.44. The topological polar surface area (TPSA) is 77.4 Å². The Morgan fingerprint density at radius 1 is 1.12 bits per heavy atom. The average Bonchev–Trinajstić information content (AvgIpc) is 3.11. The minimum atomic E-state index is -0.921. The van der Waals surface area contributed by atoms with Crippen molar-refractivity contribution in [3.63, 3.8) is 0 Å². The third-order valence-corrected chi connectivity index (χ3v) is 4.59. The maximum atomic E-state index is 10.8. The molecule has 26 heavy (non-hydrogen) atoms. The summed E-state index contributed by atoms with van der Waals surface area (Å²) in [6.45, 7) is 7.38. The molecule has 4 atom stereocenters. The lowest BCUT2D eigenvalue weighted by Gasteiger charge is -2.26. The number of hydrogen-bond donors (Lipinski definition) is 2. The van der Waals surface area contributed by atoms with Gasteiger partial charge in [-0.05, 0) is 44.9 Å². The summed E-state index contributed by atoms with van der Waals surface area (Å²) in [7, 11) is 0. The van der Waals surface area contributed by atoms with Gasteiger partial charge < -0.3 is 29.2 Å². The van der Waals surface area contributed by atoms with Crippen LogP contribution in [0.25, 0.3) is 5.57 Å². The van der Waals surface area contributed by atoms with Crippen LogP contribution in [-0.2, 0) is 18.9 Å². The van der Waals surface area contributed by atoms with Crippen molar-refractivity contribution >= 4 is 5.57 Å². The molecule has 2 fully saturated rings. The fourth-order valence-electron chi connectivity index (χ4n) is 3.40. The molecule has 0 amide bonds. The quantitative estimate of drug-likeness (QED) is 0.833.